The molecule has 0 radical (unpaired) electrons. The van der Waals surface area contributed by atoms with Crippen LogP contribution in [0.4, 0.5) is 0 Å². The van der Waals surface area contributed by atoms with Crippen LogP contribution < -0.4 is 0 Å². The predicted octanol–water partition coefficient (Wildman–Crippen LogP) is 2.02. The van der Waals surface area contributed by atoms with Gasteiger partial charge in [-0.05, 0) is 13.8 Å². The summed E-state index contributed by atoms with van der Waals surface area (Å²) in [5, 5.41) is 9.41. The van der Waals surface area contributed by atoms with Crippen LogP contribution in [0.3, 0.4) is 0 Å². The first-order valence-electron chi connectivity index (χ1n) is 2.84. The van der Waals surface area contributed by atoms with E-state index in [0.29, 0.717) is 4.47 Å². The number of rotatable bonds is 1. The van der Waals surface area contributed by atoms with Crippen molar-refractivity contribution < 1.29 is 5.11 Å². The first-order chi connectivity index (χ1) is 4.50. The van der Waals surface area contributed by atoms with Gasteiger partial charge in [0.15, 0.2) is 4.47 Å². The molecule has 1 N–H and O–H groups in total. The highest BCUT2D eigenvalue weighted by Crippen LogP contribution is 2.27. The van der Waals surface area contributed by atoms with Crippen LogP contribution in [0.1, 0.15) is 18.7 Å². The van der Waals surface area contributed by atoms with Crippen molar-refractivity contribution in [2.45, 2.75) is 19.4 Å². The standard InChI is InChI=1S/C6H8ClNOS/c1-6(2,9)4-3-8-5(7)10-4/h3,9H,1-2H3. The molecule has 10 heavy (non-hydrogen) atoms. The fraction of sp³-hybridized carbons (Fsp3) is 0.500. The molecule has 0 aromatic carbocycles. The van der Waals surface area contributed by atoms with Gasteiger partial charge in [-0.15, -0.1) is 11.3 Å². The average Bonchev–Trinajstić information content (AvgIpc) is 2.11. The van der Waals surface area contributed by atoms with Crippen molar-refractivity contribution in [3.05, 3.63) is 15.5 Å². The highest BCUT2D eigenvalue weighted by Gasteiger charge is 2.18. The minimum atomic E-state index is -0.815. The van der Waals surface area contributed by atoms with Crippen molar-refractivity contribution in [1.82, 2.24) is 4.98 Å². The molecular weight excluding hydrogens is 170 g/mol. The van der Waals surface area contributed by atoms with E-state index in [1.54, 1.807) is 20.0 Å². The summed E-state index contributed by atoms with van der Waals surface area (Å²) in [4.78, 5) is 4.60. The van der Waals surface area contributed by atoms with E-state index in [4.69, 9.17) is 11.6 Å². The molecule has 0 aliphatic rings. The largest absolute Gasteiger partial charge is 0.385 e. The maximum absolute atomic E-state index is 9.41. The molecule has 4 heteroatoms. The Morgan fingerprint density at radius 1 is 1.70 bits per heavy atom. The van der Waals surface area contributed by atoms with Crippen LogP contribution in [0.5, 0.6) is 0 Å². The zero-order valence-corrected chi connectivity index (χ0v) is 7.33. The van der Waals surface area contributed by atoms with Crippen LogP contribution in [-0.4, -0.2) is 10.1 Å². The monoisotopic (exact) mass is 177 g/mol. The lowest BCUT2D eigenvalue weighted by Gasteiger charge is -2.12. The van der Waals surface area contributed by atoms with Crippen molar-refractivity contribution in [3.8, 4) is 0 Å². The van der Waals surface area contributed by atoms with Gasteiger partial charge in [0.05, 0.1) is 10.5 Å². The number of halogens is 1. The molecule has 0 aliphatic heterocycles. The second-order valence-corrected chi connectivity index (χ2v) is 4.15. The number of aromatic nitrogens is 1. The van der Waals surface area contributed by atoms with Gasteiger partial charge in [0.25, 0.3) is 0 Å². The van der Waals surface area contributed by atoms with E-state index in [0.717, 1.165) is 4.88 Å². The number of thiazole rings is 1. The third kappa shape index (κ3) is 1.68. The molecule has 0 saturated carbocycles. The Labute approximate surface area is 68.5 Å². The highest BCUT2D eigenvalue weighted by molar-refractivity contribution is 7.15. The van der Waals surface area contributed by atoms with Crippen molar-refractivity contribution in [2.24, 2.45) is 0 Å². The topological polar surface area (TPSA) is 33.1 Å². The summed E-state index contributed by atoms with van der Waals surface area (Å²) in [5.41, 5.74) is -0.815. The maximum Gasteiger partial charge on any atom is 0.183 e. The first kappa shape index (κ1) is 7.98. The Kier molecular flexibility index (Phi) is 1.99. The summed E-state index contributed by atoms with van der Waals surface area (Å²) >= 11 is 6.86. The minimum absolute atomic E-state index is 0.470. The molecule has 0 atom stereocenters. The predicted molar refractivity (Wildman–Crippen MR) is 42.4 cm³/mol. The Bertz CT molecular complexity index is 228. The van der Waals surface area contributed by atoms with E-state index >= 15 is 0 Å². The Balaban J connectivity index is 2.96. The summed E-state index contributed by atoms with van der Waals surface area (Å²) < 4.78 is 0.470. The number of hydrogen-bond donors (Lipinski definition) is 1. The summed E-state index contributed by atoms with van der Waals surface area (Å²) in [5.74, 6) is 0. The van der Waals surface area contributed by atoms with Gasteiger partial charge >= 0.3 is 0 Å². The smallest absolute Gasteiger partial charge is 0.183 e. The second-order valence-electron chi connectivity index (χ2n) is 2.54. The van der Waals surface area contributed by atoms with Crippen LogP contribution in [-0.2, 0) is 5.60 Å². The molecule has 2 nitrogen and oxygen atoms in total. The van der Waals surface area contributed by atoms with Gasteiger partial charge in [0.2, 0.25) is 0 Å². The van der Waals surface area contributed by atoms with Gasteiger partial charge in [-0.3, -0.25) is 0 Å². The molecule has 0 amide bonds. The van der Waals surface area contributed by atoms with Crippen LogP contribution >= 0.6 is 22.9 Å². The lowest BCUT2D eigenvalue weighted by atomic mass is 10.1. The second kappa shape index (κ2) is 2.49. The quantitative estimate of drug-likeness (QED) is 0.712. The van der Waals surface area contributed by atoms with E-state index in [2.05, 4.69) is 4.98 Å². The molecule has 0 saturated heterocycles. The lowest BCUT2D eigenvalue weighted by molar-refractivity contribution is 0.0823. The molecule has 0 bridgehead atoms. The first-order valence-corrected chi connectivity index (χ1v) is 4.04. The number of hydrogen-bond acceptors (Lipinski definition) is 3. The summed E-state index contributed by atoms with van der Waals surface area (Å²) in [7, 11) is 0. The van der Waals surface area contributed by atoms with Crippen molar-refractivity contribution >= 4 is 22.9 Å². The molecule has 1 heterocycles. The average molecular weight is 178 g/mol. The number of nitrogens with zero attached hydrogens (tertiary/aromatic N) is 1. The van der Waals surface area contributed by atoms with Crippen LogP contribution in [0.15, 0.2) is 6.20 Å². The SMILES string of the molecule is CC(C)(O)c1cnc(Cl)s1. The Morgan fingerprint density at radius 2 is 2.30 bits per heavy atom. The Hall–Kier alpha value is -0.120. The third-order valence-electron chi connectivity index (χ3n) is 1.08. The van der Waals surface area contributed by atoms with Crippen molar-refractivity contribution in [1.29, 1.82) is 0 Å². The van der Waals surface area contributed by atoms with E-state index in [9.17, 15) is 5.11 Å². The van der Waals surface area contributed by atoms with E-state index < -0.39 is 5.60 Å². The molecule has 1 aromatic heterocycles. The Morgan fingerprint density at radius 3 is 2.50 bits per heavy atom. The van der Waals surface area contributed by atoms with E-state index in [1.165, 1.54) is 11.3 Å². The van der Waals surface area contributed by atoms with Crippen molar-refractivity contribution in [2.75, 3.05) is 0 Å². The van der Waals surface area contributed by atoms with Gasteiger partial charge in [-0.1, -0.05) is 11.6 Å². The summed E-state index contributed by atoms with van der Waals surface area (Å²) in [6, 6.07) is 0. The van der Waals surface area contributed by atoms with Gasteiger partial charge in [0.1, 0.15) is 0 Å². The van der Waals surface area contributed by atoms with Gasteiger partial charge in [0, 0.05) is 6.20 Å². The van der Waals surface area contributed by atoms with Crippen LogP contribution in [0, 0.1) is 0 Å². The number of aliphatic hydroxyl groups is 1. The minimum Gasteiger partial charge on any atom is -0.385 e. The normalized spacial score (nSPS) is 12.0. The molecule has 0 aliphatic carbocycles. The molecule has 0 spiro atoms. The lowest BCUT2D eigenvalue weighted by Crippen LogP contribution is -2.12. The van der Waals surface area contributed by atoms with Crippen LogP contribution in [0.2, 0.25) is 4.47 Å². The van der Waals surface area contributed by atoms with Gasteiger partial charge in [-0.25, -0.2) is 4.98 Å². The third-order valence-corrected chi connectivity index (χ3v) is 2.51. The van der Waals surface area contributed by atoms with Crippen molar-refractivity contribution in [3.63, 3.8) is 0 Å². The van der Waals surface area contributed by atoms with E-state index in [1.807, 2.05) is 0 Å². The molecule has 1 rings (SSSR count). The zero-order valence-electron chi connectivity index (χ0n) is 5.76. The maximum atomic E-state index is 9.41. The summed E-state index contributed by atoms with van der Waals surface area (Å²) in [6.07, 6.45) is 1.59. The summed E-state index contributed by atoms with van der Waals surface area (Å²) in [6.45, 7) is 3.41. The zero-order chi connectivity index (χ0) is 7.78. The van der Waals surface area contributed by atoms with Gasteiger partial charge in [-0.2, -0.15) is 0 Å². The molecular formula is C6H8ClNOS. The fourth-order valence-corrected chi connectivity index (χ4v) is 1.48. The van der Waals surface area contributed by atoms with E-state index in [-0.39, 0.29) is 0 Å². The van der Waals surface area contributed by atoms with Crippen LogP contribution in [0.25, 0.3) is 0 Å². The highest BCUT2D eigenvalue weighted by atomic mass is 35.5. The molecule has 0 unspecified atom stereocenters. The molecule has 56 valence electrons. The van der Waals surface area contributed by atoms with Gasteiger partial charge < -0.3 is 5.11 Å². The fourth-order valence-electron chi connectivity index (χ4n) is 0.536. The molecule has 1 aromatic rings. The molecule has 0 fully saturated rings.